The lowest BCUT2D eigenvalue weighted by atomic mass is 9.76. The molecule has 2 aromatic rings. The van der Waals surface area contributed by atoms with Crippen LogP contribution in [0.15, 0.2) is 17.5 Å². The number of anilines is 1. The molecule has 2 aliphatic heterocycles. The molecule has 3 aliphatic rings. The molecular weight excluding hydrogens is 378 g/mol. The van der Waals surface area contributed by atoms with Gasteiger partial charge in [0, 0.05) is 42.3 Å². The number of oxime groups is 1. The quantitative estimate of drug-likeness (QED) is 0.714. The van der Waals surface area contributed by atoms with E-state index in [1.54, 1.807) is 0 Å². The van der Waals surface area contributed by atoms with Crippen molar-refractivity contribution in [2.24, 2.45) is 5.16 Å². The highest BCUT2D eigenvalue weighted by Gasteiger charge is 2.45. The second-order valence-corrected chi connectivity index (χ2v) is 10.6. The Balaban J connectivity index is 1.50. The molecule has 9 heteroatoms. The van der Waals surface area contributed by atoms with E-state index in [0.717, 1.165) is 66.6 Å². The summed E-state index contributed by atoms with van der Waals surface area (Å²) in [5, 5.41) is 13.6. The summed E-state index contributed by atoms with van der Waals surface area (Å²) >= 11 is 0. The minimum absolute atomic E-state index is 0.100. The first-order valence-corrected chi connectivity index (χ1v) is 12.0. The second-order valence-electron chi connectivity index (χ2n) is 8.22. The number of pyridine rings is 1. The molecule has 0 unspecified atom stereocenters. The first kappa shape index (κ1) is 18.2. The van der Waals surface area contributed by atoms with E-state index in [0.29, 0.717) is 11.5 Å². The minimum Gasteiger partial charge on any atom is -0.389 e. The van der Waals surface area contributed by atoms with E-state index in [4.69, 9.17) is 4.84 Å². The van der Waals surface area contributed by atoms with Crippen LogP contribution in [-0.4, -0.2) is 52.7 Å². The molecule has 0 atom stereocenters. The number of hydrogen-bond acceptors (Lipinski definition) is 7. The van der Waals surface area contributed by atoms with Crippen molar-refractivity contribution < 1.29 is 13.9 Å². The molecule has 152 valence electrons. The molecule has 4 heterocycles. The maximum absolute atomic E-state index is 9.94. The Morgan fingerprint density at radius 2 is 2.07 bits per heavy atom. The van der Waals surface area contributed by atoms with Crippen LogP contribution in [0.3, 0.4) is 0 Å². The van der Waals surface area contributed by atoms with E-state index < -0.39 is 10.6 Å². The Hall–Kier alpha value is -1.84. The molecule has 1 aliphatic carbocycles. The summed E-state index contributed by atoms with van der Waals surface area (Å²) in [5.41, 5.74) is 3.67. The number of nitrogens with one attached hydrogen (secondary N) is 1. The summed E-state index contributed by atoms with van der Waals surface area (Å²) in [7, 11) is -2.40. The van der Waals surface area contributed by atoms with Gasteiger partial charge in [-0.25, -0.2) is 9.67 Å². The number of nitrogens with zero attached hydrogens (tertiary/aromatic N) is 4. The summed E-state index contributed by atoms with van der Waals surface area (Å²) in [4.78, 5) is 10.5. The Morgan fingerprint density at radius 1 is 1.29 bits per heavy atom. The van der Waals surface area contributed by atoms with Crippen LogP contribution in [0.25, 0.3) is 11.0 Å². The molecule has 28 heavy (non-hydrogen) atoms. The number of rotatable bonds is 4. The largest absolute Gasteiger partial charge is 0.389 e. The van der Waals surface area contributed by atoms with Crippen LogP contribution in [-0.2, 0) is 11.4 Å². The average molecular weight is 406 g/mol. The molecule has 1 saturated heterocycles. The summed E-state index contributed by atoms with van der Waals surface area (Å²) in [6.07, 6.45) is 9.36. The van der Waals surface area contributed by atoms with Gasteiger partial charge in [-0.1, -0.05) is 5.16 Å². The van der Waals surface area contributed by atoms with Gasteiger partial charge in [-0.15, -0.1) is 0 Å². The fraction of sp³-hybridized carbons (Fsp3) is 0.632. The molecule has 0 radical (unpaired) electrons. The molecule has 5 rings (SSSR count). The van der Waals surface area contributed by atoms with E-state index in [-0.39, 0.29) is 11.6 Å². The van der Waals surface area contributed by atoms with Crippen LogP contribution < -0.4 is 5.32 Å². The highest BCUT2D eigenvalue weighted by atomic mass is 32.3. The van der Waals surface area contributed by atoms with Crippen molar-refractivity contribution in [1.82, 2.24) is 14.8 Å². The zero-order chi connectivity index (χ0) is 19.4. The number of aromatic nitrogens is 3. The molecule has 0 amide bonds. The van der Waals surface area contributed by atoms with Crippen molar-refractivity contribution >= 4 is 33.0 Å². The van der Waals surface area contributed by atoms with Crippen molar-refractivity contribution in [3.05, 3.63) is 18.0 Å². The highest BCUT2D eigenvalue weighted by Crippen LogP contribution is 2.46. The standard InChI is InChI=1S/C19H27N5O3S/c1-2-24-18-15(12-21-24)17(22-13-4-8-28(25,26)9-5-13)14(11-20-18)16-10-19(27-23-16)6-3-7-19/h11-13,25-26H,2-10H2,1H3,(H,20,22). The maximum Gasteiger partial charge on any atom is 0.159 e. The second kappa shape index (κ2) is 6.60. The third kappa shape index (κ3) is 3.05. The fourth-order valence-electron chi connectivity index (χ4n) is 4.39. The number of hydrogen-bond donors (Lipinski definition) is 3. The molecule has 0 aromatic carbocycles. The van der Waals surface area contributed by atoms with Gasteiger partial charge < -0.3 is 10.2 Å². The molecule has 0 bridgehead atoms. The van der Waals surface area contributed by atoms with Crippen LogP contribution in [0.1, 0.15) is 51.0 Å². The van der Waals surface area contributed by atoms with Crippen molar-refractivity contribution in [2.75, 3.05) is 16.8 Å². The zero-order valence-corrected chi connectivity index (χ0v) is 16.9. The lowest BCUT2D eigenvalue weighted by Gasteiger charge is -2.39. The lowest BCUT2D eigenvalue weighted by Crippen LogP contribution is -2.37. The van der Waals surface area contributed by atoms with E-state index in [2.05, 4.69) is 27.5 Å². The van der Waals surface area contributed by atoms with Gasteiger partial charge in [0.1, 0.15) is 5.60 Å². The summed E-state index contributed by atoms with van der Waals surface area (Å²) in [5.74, 6) is 0.908. The monoisotopic (exact) mass is 405 g/mol. The van der Waals surface area contributed by atoms with Gasteiger partial charge in [-0.3, -0.25) is 9.11 Å². The van der Waals surface area contributed by atoms with Crippen LogP contribution in [0.4, 0.5) is 5.69 Å². The zero-order valence-electron chi connectivity index (χ0n) is 16.1. The molecule has 8 nitrogen and oxygen atoms in total. The van der Waals surface area contributed by atoms with Crippen LogP contribution in [0.2, 0.25) is 0 Å². The Morgan fingerprint density at radius 3 is 2.71 bits per heavy atom. The van der Waals surface area contributed by atoms with Crippen molar-refractivity contribution in [2.45, 2.75) is 63.6 Å². The van der Waals surface area contributed by atoms with Crippen molar-refractivity contribution in [3.63, 3.8) is 0 Å². The van der Waals surface area contributed by atoms with Gasteiger partial charge in [0.25, 0.3) is 0 Å². The third-order valence-corrected chi connectivity index (χ3v) is 8.09. The third-order valence-electron chi connectivity index (χ3n) is 6.32. The predicted octanol–water partition coefficient (Wildman–Crippen LogP) is 3.82. The van der Waals surface area contributed by atoms with Crippen LogP contribution in [0.5, 0.6) is 0 Å². The van der Waals surface area contributed by atoms with Gasteiger partial charge >= 0.3 is 0 Å². The first-order valence-electron chi connectivity index (χ1n) is 10.1. The number of fused-ring (bicyclic) bond motifs is 1. The maximum atomic E-state index is 9.94. The normalized spacial score (nSPS) is 24.6. The van der Waals surface area contributed by atoms with Crippen LogP contribution >= 0.6 is 10.6 Å². The minimum atomic E-state index is -2.40. The topological polar surface area (TPSA) is 105 Å². The number of aryl methyl sites for hydroxylation is 1. The molecular formula is C19H27N5O3S. The Bertz CT molecular complexity index is 927. The average Bonchev–Trinajstić information content (AvgIpc) is 3.28. The predicted molar refractivity (Wildman–Crippen MR) is 111 cm³/mol. The summed E-state index contributed by atoms with van der Waals surface area (Å²) < 4.78 is 21.8. The summed E-state index contributed by atoms with van der Waals surface area (Å²) in [6, 6.07) is 0.190. The van der Waals surface area contributed by atoms with Gasteiger partial charge in [-0.05, 0) is 39.0 Å². The van der Waals surface area contributed by atoms with E-state index in [9.17, 15) is 9.11 Å². The van der Waals surface area contributed by atoms with Gasteiger partial charge in [0.2, 0.25) is 0 Å². The molecule has 1 saturated carbocycles. The molecule has 1 spiro atoms. The van der Waals surface area contributed by atoms with Crippen molar-refractivity contribution in [1.29, 1.82) is 0 Å². The molecule has 2 fully saturated rings. The Kier molecular flexibility index (Phi) is 4.29. The smallest absolute Gasteiger partial charge is 0.159 e. The van der Waals surface area contributed by atoms with E-state index in [1.807, 2.05) is 17.1 Å². The summed E-state index contributed by atoms with van der Waals surface area (Å²) in [6.45, 7) is 2.81. The SMILES string of the molecule is CCn1ncc2c(NC3CCS(O)(O)CC3)c(C3=NOC4(CCC4)C3)cnc21. The van der Waals surface area contributed by atoms with Gasteiger partial charge in [0.05, 0.1) is 23.0 Å². The van der Waals surface area contributed by atoms with E-state index >= 15 is 0 Å². The lowest BCUT2D eigenvalue weighted by molar-refractivity contribution is -0.0755. The van der Waals surface area contributed by atoms with Gasteiger partial charge in [0.15, 0.2) is 5.65 Å². The van der Waals surface area contributed by atoms with Crippen molar-refractivity contribution in [3.8, 4) is 0 Å². The molecule has 2 aromatic heterocycles. The molecule has 3 N–H and O–H groups in total. The van der Waals surface area contributed by atoms with Gasteiger partial charge in [-0.2, -0.15) is 15.7 Å². The first-order chi connectivity index (χ1) is 13.5. The Labute approximate surface area is 165 Å². The highest BCUT2D eigenvalue weighted by molar-refractivity contribution is 8.24. The fourth-order valence-corrected chi connectivity index (χ4v) is 5.92. The van der Waals surface area contributed by atoms with Crippen LogP contribution in [0, 0.1) is 0 Å². The van der Waals surface area contributed by atoms with E-state index in [1.165, 1.54) is 6.42 Å².